The maximum absolute atomic E-state index is 9.09. The molecule has 2 aromatic rings. The number of halogens is 1. The summed E-state index contributed by atoms with van der Waals surface area (Å²) in [6.45, 7) is 0. The van der Waals surface area contributed by atoms with Gasteiger partial charge in [-0.05, 0) is 35.9 Å². The SMILES string of the molecule is COc1ccc(C#N)c(SCc2ccc(Cl)cc2)c1. The van der Waals surface area contributed by atoms with E-state index >= 15 is 0 Å². The summed E-state index contributed by atoms with van der Waals surface area (Å²) in [6, 6.07) is 15.4. The maximum Gasteiger partial charge on any atom is 0.120 e. The normalized spacial score (nSPS) is 9.95. The van der Waals surface area contributed by atoms with Crippen LogP contribution in [0.15, 0.2) is 47.4 Å². The second kappa shape index (κ2) is 6.51. The van der Waals surface area contributed by atoms with Crippen LogP contribution in [0.2, 0.25) is 5.02 Å². The van der Waals surface area contributed by atoms with Gasteiger partial charge in [0.1, 0.15) is 11.8 Å². The Morgan fingerprint density at radius 3 is 2.58 bits per heavy atom. The van der Waals surface area contributed by atoms with Crippen molar-refractivity contribution in [1.29, 1.82) is 5.26 Å². The molecule has 0 aromatic heterocycles. The summed E-state index contributed by atoms with van der Waals surface area (Å²) in [5.41, 5.74) is 1.83. The molecule has 0 atom stereocenters. The van der Waals surface area contributed by atoms with E-state index in [1.54, 1.807) is 31.0 Å². The third kappa shape index (κ3) is 3.66. The minimum atomic E-state index is 0.666. The molecule has 0 bridgehead atoms. The van der Waals surface area contributed by atoms with Crippen molar-refractivity contribution in [2.45, 2.75) is 10.6 Å². The van der Waals surface area contributed by atoms with Gasteiger partial charge in [0.15, 0.2) is 0 Å². The van der Waals surface area contributed by atoms with Crippen molar-refractivity contribution in [3.63, 3.8) is 0 Å². The van der Waals surface area contributed by atoms with Gasteiger partial charge in [-0.2, -0.15) is 5.26 Å². The summed E-state index contributed by atoms with van der Waals surface area (Å²) in [4.78, 5) is 0.928. The fourth-order valence-electron chi connectivity index (χ4n) is 1.58. The first-order valence-electron chi connectivity index (χ1n) is 5.68. The zero-order valence-electron chi connectivity index (χ0n) is 10.4. The number of ether oxygens (including phenoxy) is 1. The minimum absolute atomic E-state index is 0.666. The van der Waals surface area contributed by atoms with E-state index < -0.39 is 0 Å². The number of rotatable bonds is 4. The molecule has 0 unspecified atom stereocenters. The van der Waals surface area contributed by atoms with E-state index in [0.717, 1.165) is 21.4 Å². The van der Waals surface area contributed by atoms with Crippen LogP contribution in [0, 0.1) is 11.3 Å². The number of methoxy groups -OCH3 is 1. The zero-order chi connectivity index (χ0) is 13.7. The summed E-state index contributed by atoms with van der Waals surface area (Å²) in [6.07, 6.45) is 0. The highest BCUT2D eigenvalue weighted by Gasteiger charge is 2.05. The summed E-state index contributed by atoms with van der Waals surface area (Å²) in [5.74, 6) is 1.55. The lowest BCUT2D eigenvalue weighted by molar-refractivity contribution is 0.413. The largest absolute Gasteiger partial charge is 0.497 e. The third-order valence-corrected chi connectivity index (χ3v) is 4.00. The van der Waals surface area contributed by atoms with Gasteiger partial charge in [-0.15, -0.1) is 11.8 Å². The standard InChI is InChI=1S/C15H12ClNOS/c1-18-14-7-4-12(9-17)15(8-14)19-10-11-2-5-13(16)6-3-11/h2-8H,10H2,1H3. The lowest BCUT2D eigenvalue weighted by atomic mass is 10.2. The summed E-state index contributed by atoms with van der Waals surface area (Å²) in [7, 11) is 1.62. The number of thioether (sulfide) groups is 1. The molecule has 0 amide bonds. The minimum Gasteiger partial charge on any atom is -0.497 e. The molecule has 2 nitrogen and oxygen atoms in total. The number of hydrogen-bond donors (Lipinski definition) is 0. The molecule has 0 N–H and O–H groups in total. The molecule has 2 aromatic carbocycles. The van der Waals surface area contributed by atoms with Crippen LogP contribution in [0.1, 0.15) is 11.1 Å². The Kier molecular flexibility index (Phi) is 4.73. The molecule has 4 heteroatoms. The Balaban J connectivity index is 2.14. The van der Waals surface area contributed by atoms with Crippen LogP contribution in [-0.2, 0) is 5.75 Å². The molecular formula is C15H12ClNOS. The van der Waals surface area contributed by atoms with E-state index in [-0.39, 0.29) is 0 Å². The van der Waals surface area contributed by atoms with Crippen LogP contribution >= 0.6 is 23.4 Å². The van der Waals surface area contributed by atoms with Crippen molar-refractivity contribution in [2.75, 3.05) is 7.11 Å². The van der Waals surface area contributed by atoms with Crippen LogP contribution in [-0.4, -0.2) is 7.11 Å². The van der Waals surface area contributed by atoms with Crippen LogP contribution in [0.25, 0.3) is 0 Å². The van der Waals surface area contributed by atoms with Gasteiger partial charge >= 0.3 is 0 Å². The van der Waals surface area contributed by atoms with Crippen molar-refractivity contribution >= 4 is 23.4 Å². The summed E-state index contributed by atoms with van der Waals surface area (Å²) in [5, 5.41) is 9.82. The number of benzene rings is 2. The van der Waals surface area contributed by atoms with Gasteiger partial charge in [0, 0.05) is 15.7 Å². The van der Waals surface area contributed by atoms with Gasteiger partial charge in [-0.3, -0.25) is 0 Å². The van der Waals surface area contributed by atoms with Gasteiger partial charge < -0.3 is 4.74 Å². The second-order valence-corrected chi connectivity index (χ2v) is 5.34. The van der Waals surface area contributed by atoms with Gasteiger partial charge in [0.05, 0.1) is 12.7 Å². The summed E-state index contributed by atoms with van der Waals surface area (Å²) >= 11 is 7.46. The Labute approximate surface area is 122 Å². The van der Waals surface area contributed by atoms with Gasteiger partial charge in [-0.25, -0.2) is 0 Å². The van der Waals surface area contributed by atoms with Crippen molar-refractivity contribution < 1.29 is 4.74 Å². The lowest BCUT2D eigenvalue weighted by Gasteiger charge is -2.07. The Bertz CT molecular complexity index is 605. The Morgan fingerprint density at radius 1 is 1.21 bits per heavy atom. The zero-order valence-corrected chi connectivity index (χ0v) is 12.0. The smallest absolute Gasteiger partial charge is 0.120 e. The van der Waals surface area contributed by atoms with E-state index in [1.807, 2.05) is 30.3 Å². The molecule has 0 aliphatic rings. The molecule has 0 aliphatic carbocycles. The van der Waals surface area contributed by atoms with Crippen LogP contribution in [0.3, 0.4) is 0 Å². The molecule has 0 saturated carbocycles. The summed E-state index contributed by atoms with van der Waals surface area (Å²) < 4.78 is 5.18. The Hall–Kier alpha value is -1.63. The van der Waals surface area contributed by atoms with Gasteiger partial charge in [0.25, 0.3) is 0 Å². The van der Waals surface area contributed by atoms with Crippen LogP contribution in [0.4, 0.5) is 0 Å². The van der Waals surface area contributed by atoms with Crippen molar-refractivity contribution in [2.24, 2.45) is 0 Å². The first kappa shape index (κ1) is 13.8. The van der Waals surface area contributed by atoms with Crippen LogP contribution in [0.5, 0.6) is 5.75 Å². The first-order valence-corrected chi connectivity index (χ1v) is 7.04. The molecule has 2 rings (SSSR count). The highest BCUT2D eigenvalue weighted by atomic mass is 35.5. The van der Waals surface area contributed by atoms with Crippen LogP contribution < -0.4 is 4.74 Å². The number of hydrogen-bond acceptors (Lipinski definition) is 3. The molecule has 0 radical (unpaired) electrons. The monoisotopic (exact) mass is 289 g/mol. The van der Waals surface area contributed by atoms with Crippen molar-refractivity contribution in [1.82, 2.24) is 0 Å². The first-order chi connectivity index (χ1) is 9.22. The highest BCUT2D eigenvalue weighted by Crippen LogP contribution is 2.29. The molecule has 0 aliphatic heterocycles. The van der Waals surface area contributed by atoms with E-state index in [4.69, 9.17) is 21.6 Å². The highest BCUT2D eigenvalue weighted by molar-refractivity contribution is 7.98. The van der Waals surface area contributed by atoms with E-state index in [9.17, 15) is 0 Å². The molecule has 0 heterocycles. The lowest BCUT2D eigenvalue weighted by Crippen LogP contribution is -1.87. The molecular weight excluding hydrogens is 278 g/mol. The molecule has 19 heavy (non-hydrogen) atoms. The quantitative estimate of drug-likeness (QED) is 0.776. The van der Waals surface area contributed by atoms with E-state index in [1.165, 1.54) is 5.56 Å². The Morgan fingerprint density at radius 2 is 1.95 bits per heavy atom. The van der Waals surface area contributed by atoms with E-state index in [2.05, 4.69) is 6.07 Å². The number of nitriles is 1. The third-order valence-electron chi connectivity index (χ3n) is 2.62. The predicted molar refractivity (Wildman–Crippen MR) is 78.7 cm³/mol. The fourth-order valence-corrected chi connectivity index (χ4v) is 2.69. The second-order valence-electron chi connectivity index (χ2n) is 3.89. The van der Waals surface area contributed by atoms with E-state index in [0.29, 0.717) is 5.56 Å². The number of nitrogens with zero attached hydrogens (tertiary/aromatic N) is 1. The molecule has 0 fully saturated rings. The average molecular weight is 290 g/mol. The molecule has 0 spiro atoms. The average Bonchev–Trinajstić information content (AvgIpc) is 2.46. The van der Waals surface area contributed by atoms with Crippen molar-refractivity contribution in [3.8, 4) is 11.8 Å². The van der Waals surface area contributed by atoms with Crippen molar-refractivity contribution in [3.05, 3.63) is 58.6 Å². The van der Waals surface area contributed by atoms with Gasteiger partial charge in [0.2, 0.25) is 0 Å². The fraction of sp³-hybridized carbons (Fsp3) is 0.133. The maximum atomic E-state index is 9.09. The molecule has 0 saturated heterocycles. The predicted octanol–water partition coefficient (Wildman–Crippen LogP) is 4.51. The molecule has 96 valence electrons. The van der Waals surface area contributed by atoms with Gasteiger partial charge in [-0.1, -0.05) is 23.7 Å². The topological polar surface area (TPSA) is 33.0 Å².